The van der Waals surface area contributed by atoms with E-state index in [9.17, 15) is 14.0 Å². The summed E-state index contributed by atoms with van der Waals surface area (Å²) >= 11 is 1.39. The lowest BCUT2D eigenvalue weighted by Crippen LogP contribution is -2.21. The first-order valence-corrected chi connectivity index (χ1v) is 7.73. The topological polar surface area (TPSA) is 92.9 Å². The van der Waals surface area contributed by atoms with E-state index in [4.69, 9.17) is 9.84 Å². The van der Waals surface area contributed by atoms with Crippen LogP contribution in [0, 0.1) is 5.82 Å². The Kier molecular flexibility index (Phi) is 4.54. The number of carbonyl (C=O) groups is 2. The number of imidazole rings is 1. The predicted octanol–water partition coefficient (Wildman–Crippen LogP) is 2.24. The van der Waals surface area contributed by atoms with Crippen LogP contribution in [0.2, 0.25) is 0 Å². The van der Waals surface area contributed by atoms with Crippen molar-refractivity contribution in [2.75, 3.05) is 18.5 Å². The third-order valence-electron chi connectivity index (χ3n) is 3.10. The summed E-state index contributed by atoms with van der Waals surface area (Å²) in [6.07, 6.45) is 1.74. The standard InChI is InChI=1S/C15H12FN3O4S/c16-10-3-1-9(2-4-10)13-14(19-5-6-24-15(19)18-13)17-11(20)7-23-8-12(21)22/h1-6H,7-8H2,(H,17,20)(H,21,22). The summed E-state index contributed by atoms with van der Waals surface area (Å²) in [6.45, 7) is -0.953. The van der Waals surface area contributed by atoms with Crippen molar-refractivity contribution in [3.05, 3.63) is 41.7 Å². The molecule has 0 saturated carbocycles. The van der Waals surface area contributed by atoms with E-state index in [2.05, 4.69) is 10.3 Å². The van der Waals surface area contributed by atoms with Crippen molar-refractivity contribution >= 4 is 34.0 Å². The van der Waals surface area contributed by atoms with Crippen LogP contribution >= 0.6 is 11.3 Å². The van der Waals surface area contributed by atoms with Gasteiger partial charge >= 0.3 is 5.97 Å². The lowest BCUT2D eigenvalue weighted by atomic mass is 10.1. The van der Waals surface area contributed by atoms with Crippen LogP contribution in [0.5, 0.6) is 0 Å². The van der Waals surface area contributed by atoms with Crippen LogP contribution in [0.1, 0.15) is 0 Å². The maximum absolute atomic E-state index is 13.1. The third-order valence-corrected chi connectivity index (χ3v) is 3.85. The number of benzene rings is 1. The molecule has 0 aliphatic heterocycles. The Morgan fingerprint density at radius 2 is 2.04 bits per heavy atom. The number of ether oxygens (including phenoxy) is 1. The largest absolute Gasteiger partial charge is 0.480 e. The molecular weight excluding hydrogens is 337 g/mol. The van der Waals surface area contributed by atoms with E-state index in [-0.39, 0.29) is 5.82 Å². The number of carbonyl (C=O) groups excluding carboxylic acids is 1. The minimum atomic E-state index is -1.15. The monoisotopic (exact) mass is 349 g/mol. The van der Waals surface area contributed by atoms with Crippen molar-refractivity contribution in [1.82, 2.24) is 9.38 Å². The fraction of sp³-hybridized carbons (Fsp3) is 0.133. The summed E-state index contributed by atoms with van der Waals surface area (Å²) in [7, 11) is 0. The number of fused-ring (bicyclic) bond motifs is 1. The van der Waals surface area contributed by atoms with Crippen LogP contribution in [0.3, 0.4) is 0 Å². The Morgan fingerprint density at radius 3 is 2.75 bits per heavy atom. The number of halogens is 1. The Hall–Kier alpha value is -2.78. The lowest BCUT2D eigenvalue weighted by molar-refractivity contribution is -0.143. The van der Waals surface area contributed by atoms with Crippen molar-refractivity contribution in [3.8, 4) is 11.3 Å². The van der Waals surface area contributed by atoms with Gasteiger partial charge in [0.15, 0.2) is 4.96 Å². The molecule has 0 aliphatic carbocycles. The highest BCUT2D eigenvalue weighted by Gasteiger charge is 2.17. The molecule has 9 heteroatoms. The van der Waals surface area contributed by atoms with E-state index in [1.807, 2.05) is 5.38 Å². The molecule has 24 heavy (non-hydrogen) atoms. The highest BCUT2D eigenvalue weighted by molar-refractivity contribution is 7.15. The molecule has 0 saturated heterocycles. The zero-order valence-corrected chi connectivity index (χ0v) is 13.0. The first-order valence-electron chi connectivity index (χ1n) is 6.85. The van der Waals surface area contributed by atoms with E-state index in [0.717, 1.165) is 0 Å². The van der Waals surface area contributed by atoms with E-state index in [1.54, 1.807) is 22.7 Å². The molecule has 0 atom stereocenters. The molecule has 3 rings (SSSR count). The molecule has 0 bridgehead atoms. The normalized spacial score (nSPS) is 10.9. The molecule has 7 nitrogen and oxygen atoms in total. The number of aromatic nitrogens is 2. The molecule has 0 unspecified atom stereocenters. The Balaban J connectivity index is 1.87. The first-order chi connectivity index (χ1) is 11.5. The van der Waals surface area contributed by atoms with E-state index < -0.39 is 25.1 Å². The van der Waals surface area contributed by atoms with Crippen LogP contribution < -0.4 is 5.32 Å². The van der Waals surface area contributed by atoms with Crippen LogP contribution in [0.25, 0.3) is 16.2 Å². The zero-order chi connectivity index (χ0) is 17.1. The van der Waals surface area contributed by atoms with Gasteiger partial charge in [0.05, 0.1) is 0 Å². The number of hydrogen-bond donors (Lipinski definition) is 2. The van der Waals surface area contributed by atoms with Crippen molar-refractivity contribution in [3.63, 3.8) is 0 Å². The van der Waals surface area contributed by atoms with Gasteiger partial charge in [-0.3, -0.25) is 9.20 Å². The van der Waals surface area contributed by atoms with Crippen LogP contribution in [-0.4, -0.2) is 39.6 Å². The van der Waals surface area contributed by atoms with Gasteiger partial charge in [0.25, 0.3) is 5.91 Å². The van der Waals surface area contributed by atoms with Crippen LogP contribution in [-0.2, 0) is 14.3 Å². The highest BCUT2D eigenvalue weighted by Crippen LogP contribution is 2.30. The Labute approximate surface area is 139 Å². The molecule has 0 aliphatic rings. The smallest absolute Gasteiger partial charge is 0.329 e. The number of nitrogens with one attached hydrogen (secondary N) is 1. The maximum atomic E-state index is 13.1. The van der Waals surface area contributed by atoms with Gasteiger partial charge in [-0.05, 0) is 24.3 Å². The number of amides is 1. The van der Waals surface area contributed by atoms with Crippen molar-refractivity contribution in [2.24, 2.45) is 0 Å². The van der Waals surface area contributed by atoms with Gasteiger partial charge in [0, 0.05) is 17.1 Å². The molecule has 0 fully saturated rings. The van der Waals surface area contributed by atoms with Crippen molar-refractivity contribution in [1.29, 1.82) is 0 Å². The van der Waals surface area contributed by atoms with Gasteiger partial charge in [-0.25, -0.2) is 14.2 Å². The number of aliphatic carboxylic acids is 1. The van der Waals surface area contributed by atoms with Gasteiger partial charge < -0.3 is 15.2 Å². The summed E-state index contributed by atoms with van der Waals surface area (Å²) in [4.78, 5) is 27.5. The average molecular weight is 349 g/mol. The molecule has 1 aromatic carbocycles. The number of nitrogens with zero attached hydrogens (tertiary/aromatic N) is 2. The summed E-state index contributed by atoms with van der Waals surface area (Å²) in [6, 6.07) is 5.76. The Morgan fingerprint density at radius 1 is 1.29 bits per heavy atom. The number of rotatable bonds is 6. The maximum Gasteiger partial charge on any atom is 0.329 e. The minimum Gasteiger partial charge on any atom is -0.480 e. The second-order valence-electron chi connectivity index (χ2n) is 4.81. The SMILES string of the molecule is O=C(O)COCC(=O)Nc1c(-c2ccc(F)cc2)nc2sccn12. The number of anilines is 1. The van der Waals surface area contributed by atoms with Crippen LogP contribution in [0.15, 0.2) is 35.8 Å². The van der Waals surface area contributed by atoms with Crippen LogP contribution in [0.4, 0.5) is 10.2 Å². The summed E-state index contributed by atoms with van der Waals surface area (Å²) in [5.41, 5.74) is 1.14. The molecule has 0 radical (unpaired) electrons. The summed E-state index contributed by atoms with van der Waals surface area (Å²) < 4.78 is 19.6. The van der Waals surface area contributed by atoms with Gasteiger partial charge in [0.2, 0.25) is 0 Å². The second kappa shape index (κ2) is 6.77. The summed E-state index contributed by atoms with van der Waals surface area (Å²) in [5.74, 6) is -1.61. The number of hydrogen-bond acceptors (Lipinski definition) is 5. The van der Waals surface area contributed by atoms with E-state index in [0.29, 0.717) is 22.0 Å². The van der Waals surface area contributed by atoms with E-state index in [1.165, 1.54) is 23.5 Å². The van der Waals surface area contributed by atoms with Gasteiger partial charge in [-0.2, -0.15) is 0 Å². The number of carboxylic acids is 1. The average Bonchev–Trinajstić information content (AvgIpc) is 3.10. The second-order valence-corrected chi connectivity index (χ2v) is 5.68. The van der Waals surface area contributed by atoms with Crippen molar-refractivity contribution < 1.29 is 23.8 Å². The highest BCUT2D eigenvalue weighted by atomic mass is 32.1. The number of thiazole rings is 1. The molecular formula is C15H12FN3O4S. The predicted molar refractivity (Wildman–Crippen MR) is 85.5 cm³/mol. The zero-order valence-electron chi connectivity index (χ0n) is 12.2. The molecule has 2 aromatic heterocycles. The lowest BCUT2D eigenvalue weighted by Gasteiger charge is -2.07. The number of carboxylic acid groups (broad SMARTS) is 1. The molecule has 1 amide bonds. The molecule has 124 valence electrons. The van der Waals surface area contributed by atoms with Crippen molar-refractivity contribution in [2.45, 2.75) is 0 Å². The summed E-state index contributed by atoms with van der Waals surface area (Å²) in [5, 5.41) is 13.0. The molecule has 0 spiro atoms. The molecule has 3 aromatic rings. The van der Waals surface area contributed by atoms with Gasteiger partial charge in [0.1, 0.15) is 30.5 Å². The Bertz CT molecular complexity index is 888. The molecule has 2 heterocycles. The quantitative estimate of drug-likeness (QED) is 0.712. The molecule has 2 N–H and O–H groups in total. The fourth-order valence-electron chi connectivity index (χ4n) is 2.11. The first kappa shape index (κ1) is 16.1. The minimum absolute atomic E-state index is 0.368. The van der Waals surface area contributed by atoms with E-state index >= 15 is 0 Å². The van der Waals surface area contributed by atoms with Gasteiger partial charge in [-0.1, -0.05) is 0 Å². The third kappa shape index (κ3) is 3.42. The fourth-order valence-corrected chi connectivity index (χ4v) is 2.83. The van der Waals surface area contributed by atoms with Gasteiger partial charge in [-0.15, -0.1) is 11.3 Å².